The highest BCUT2D eigenvalue weighted by Gasteiger charge is 2.38. The minimum absolute atomic E-state index is 0.150. The first-order valence-electron chi connectivity index (χ1n) is 10.8. The van der Waals surface area contributed by atoms with Crippen LogP contribution in [-0.2, 0) is 14.3 Å². The molecule has 184 valence electrons. The van der Waals surface area contributed by atoms with Gasteiger partial charge in [0.05, 0.1) is 18.2 Å². The van der Waals surface area contributed by atoms with Gasteiger partial charge in [-0.2, -0.15) is 0 Å². The highest BCUT2D eigenvalue weighted by molar-refractivity contribution is 5.97. The number of Topliss-reactive ketones (excluding diaryl/α,β-unsaturated/α-hetero) is 1. The second kappa shape index (κ2) is 12.8. The number of aliphatic hydroxyl groups excluding tert-OH is 4. The number of rotatable bonds is 6. The third-order valence-corrected chi connectivity index (χ3v) is 5.52. The molecule has 2 aliphatic rings. The smallest absolute Gasteiger partial charge is 0.247 e. The zero-order valence-corrected chi connectivity index (χ0v) is 18.8. The molecule has 10 nitrogen and oxygen atoms in total. The number of hydrogen-bond acceptors (Lipinski definition) is 9. The first-order chi connectivity index (χ1) is 15.7. The van der Waals surface area contributed by atoms with Crippen molar-refractivity contribution in [3.05, 3.63) is 35.4 Å². The van der Waals surface area contributed by atoms with Crippen LogP contribution in [0, 0.1) is 0 Å². The summed E-state index contributed by atoms with van der Waals surface area (Å²) >= 11 is 0. The topological polar surface area (TPSA) is 166 Å². The zero-order chi connectivity index (χ0) is 24.5. The molecule has 2 fully saturated rings. The molecule has 33 heavy (non-hydrogen) atoms. The second-order valence-corrected chi connectivity index (χ2v) is 8.13. The summed E-state index contributed by atoms with van der Waals surface area (Å²) in [5.74, 6) is -0.0308. The third-order valence-electron chi connectivity index (χ3n) is 5.52. The molecule has 1 aromatic rings. The number of carbonyl (C=O) groups is 2. The molecule has 1 saturated heterocycles. The van der Waals surface area contributed by atoms with Crippen LogP contribution in [0.2, 0.25) is 0 Å². The fourth-order valence-corrected chi connectivity index (χ4v) is 3.71. The van der Waals surface area contributed by atoms with Crippen LogP contribution in [0.15, 0.2) is 29.8 Å². The second-order valence-electron chi connectivity index (χ2n) is 8.13. The van der Waals surface area contributed by atoms with Crippen molar-refractivity contribution in [3.63, 3.8) is 0 Å². The SMILES string of the molecule is CC(=O)C1C[C@H](O)[C@H](Oc2ccc(/C=C(\C)C(=O)NC3[C@H](O)CCC[C@@H]3O)cc2)O1.OCO. The van der Waals surface area contributed by atoms with E-state index in [-0.39, 0.29) is 18.1 Å². The molecule has 1 saturated carbocycles. The minimum Gasteiger partial charge on any atom is -0.462 e. The Balaban J connectivity index is 0.00000122. The van der Waals surface area contributed by atoms with E-state index in [4.69, 9.17) is 19.7 Å². The number of amides is 1. The van der Waals surface area contributed by atoms with Crippen molar-refractivity contribution in [2.45, 2.75) is 76.3 Å². The predicted molar refractivity (Wildman–Crippen MR) is 118 cm³/mol. The fraction of sp³-hybridized carbons (Fsp3) is 0.565. The van der Waals surface area contributed by atoms with E-state index in [0.717, 1.165) is 12.0 Å². The number of ketones is 1. The lowest BCUT2D eigenvalue weighted by Gasteiger charge is -2.32. The Morgan fingerprint density at radius 1 is 1.06 bits per heavy atom. The predicted octanol–water partition coefficient (Wildman–Crippen LogP) is -0.147. The summed E-state index contributed by atoms with van der Waals surface area (Å²) < 4.78 is 11.0. The van der Waals surface area contributed by atoms with E-state index in [1.807, 2.05) is 0 Å². The Morgan fingerprint density at radius 3 is 2.15 bits per heavy atom. The molecule has 1 aliphatic heterocycles. The van der Waals surface area contributed by atoms with Gasteiger partial charge in [0.1, 0.15) is 24.8 Å². The molecule has 1 heterocycles. The molecule has 0 bridgehead atoms. The molecule has 6 atom stereocenters. The van der Waals surface area contributed by atoms with Gasteiger partial charge < -0.3 is 40.3 Å². The average molecular weight is 468 g/mol. The highest BCUT2D eigenvalue weighted by Crippen LogP contribution is 2.25. The summed E-state index contributed by atoms with van der Waals surface area (Å²) in [6.45, 7) is 2.32. The van der Waals surface area contributed by atoms with Gasteiger partial charge in [0.2, 0.25) is 12.2 Å². The molecular formula is C23H33NO9. The molecule has 1 aliphatic carbocycles. The Bertz CT molecular complexity index is 801. The Labute approximate surface area is 192 Å². The first kappa shape index (κ1) is 26.9. The zero-order valence-electron chi connectivity index (χ0n) is 18.8. The molecule has 1 amide bonds. The molecule has 1 aromatic carbocycles. The summed E-state index contributed by atoms with van der Waals surface area (Å²) in [7, 11) is 0. The number of hydrogen-bond donors (Lipinski definition) is 6. The van der Waals surface area contributed by atoms with Gasteiger partial charge in [-0.15, -0.1) is 0 Å². The van der Waals surface area contributed by atoms with Crippen LogP contribution in [0.1, 0.15) is 45.1 Å². The summed E-state index contributed by atoms with van der Waals surface area (Å²) in [6.07, 6.45) is -0.207. The van der Waals surface area contributed by atoms with Crippen LogP contribution in [0.5, 0.6) is 5.75 Å². The quantitative estimate of drug-likeness (QED) is 0.246. The van der Waals surface area contributed by atoms with Crippen molar-refractivity contribution >= 4 is 17.8 Å². The molecule has 0 spiro atoms. The van der Waals surface area contributed by atoms with E-state index in [9.17, 15) is 24.9 Å². The standard InChI is InChI=1S/C22H29NO7.CH4O2/c1-12(21(28)23-20-16(25)4-3-5-17(20)26)10-14-6-8-15(9-7-14)29-22-18(27)11-19(30-22)13(2)24;2-1-3/h6-10,16-20,22,25-27H,3-5,11H2,1-2H3,(H,23,28);2-3H,1H2/b12-10+;/t16-,17+,18-,19?,20?,22+;/m0./s1. The number of carbonyl (C=O) groups excluding carboxylic acids is 2. The average Bonchev–Trinajstić information content (AvgIpc) is 3.13. The third kappa shape index (κ3) is 7.88. The van der Waals surface area contributed by atoms with Gasteiger partial charge in [0, 0.05) is 12.0 Å². The van der Waals surface area contributed by atoms with Crippen LogP contribution in [-0.4, -0.2) is 80.8 Å². The minimum atomic E-state index is -0.902. The van der Waals surface area contributed by atoms with Gasteiger partial charge >= 0.3 is 0 Å². The Morgan fingerprint density at radius 2 is 1.64 bits per heavy atom. The number of nitrogens with one attached hydrogen (secondary N) is 1. The molecule has 2 unspecified atom stereocenters. The maximum Gasteiger partial charge on any atom is 0.247 e. The van der Waals surface area contributed by atoms with E-state index in [2.05, 4.69) is 5.32 Å². The molecule has 3 rings (SSSR count). The van der Waals surface area contributed by atoms with Gasteiger partial charge in [-0.25, -0.2) is 0 Å². The van der Waals surface area contributed by atoms with E-state index in [0.29, 0.717) is 24.2 Å². The maximum atomic E-state index is 12.4. The van der Waals surface area contributed by atoms with Crippen molar-refractivity contribution in [2.24, 2.45) is 0 Å². The molecule has 0 radical (unpaired) electrons. The van der Waals surface area contributed by atoms with Gasteiger partial charge in [0.25, 0.3) is 0 Å². The monoisotopic (exact) mass is 467 g/mol. The maximum absolute atomic E-state index is 12.4. The highest BCUT2D eigenvalue weighted by atomic mass is 16.7. The molecule has 6 N–H and O–H groups in total. The van der Waals surface area contributed by atoms with Gasteiger partial charge in [0.15, 0.2) is 5.78 Å². The number of benzene rings is 1. The van der Waals surface area contributed by atoms with Crippen LogP contribution >= 0.6 is 0 Å². The lowest BCUT2D eigenvalue weighted by atomic mass is 9.89. The van der Waals surface area contributed by atoms with Crippen molar-refractivity contribution in [1.29, 1.82) is 0 Å². The largest absolute Gasteiger partial charge is 0.462 e. The van der Waals surface area contributed by atoms with Crippen LogP contribution < -0.4 is 10.1 Å². The lowest BCUT2D eigenvalue weighted by Crippen LogP contribution is -2.53. The van der Waals surface area contributed by atoms with Crippen molar-refractivity contribution in [2.75, 3.05) is 6.79 Å². The summed E-state index contributed by atoms with van der Waals surface area (Å²) in [4.78, 5) is 23.8. The number of aliphatic hydroxyl groups is 5. The fourth-order valence-electron chi connectivity index (χ4n) is 3.71. The number of ether oxygens (including phenoxy) is 2. The van der Waals surface area contributed by atoms with Gasteiger partial charge in [-0.05, 0) is 56.9 Å². The Kier molecular flexibility index (Phi) is 10.4. The molecule has 10 heteroatoms. The summed E-state index contributed by atoms with van der Waals surface area (Å²) in [6, 6.07) is 6.20. The van der Waals surface area contributed by atoms with E-state index >= 15 is 0 Å². The molecular weight excluding hydrogens is 434 g/mol. The van der Waals surface area contributed by atoms with E-state index < -0.39 is 43.5 Å². The van der Waals surface area contributed by atoms with Crippen molar-refractivity contribution in [1.82, 2.24) is 5.32 Å². The van der Waals surface area contributed by atoms with E-state index in [1.54, 1.807) is 37.3 Å². The lowest BCUT2D eigenvalue weighted by molar-refractivity contribution is -0.140. The molecule has 0 aromatic heterocycles. The van der Waals surface area contributed by atoms with Crippen LogP contribution in [0.4, 0.5) is 0 Å². The first-order valence-corrected chi connectivity index (χ1v) is 10.8. The van der Waals surface area contributed by atoms with Gasteiger partial charge in [-0.1, -0.05) is 12.1 Å². The van der Waals surface area contributed by atoms with Crippen molar-refractivity contribution in [3.8, 4) is 5.75 Å². The van der Waals surface area contributed by atoms with Gasteiger partial charge in [-0.3, -0.25) is 9.59 Å². The van der Waals surface area contributed by atoms with Crippen molar-refractivity contribution < 1.29 is 44.6 Å². The van der Waals surface area contributed by atoms with E-state index in [1.165, 1.54) is 6.92 Å². The Hall–Kier alpha value is -2.34. The summed E-state index contributed by atoms with van der Waals surface area (Å²) in [5, 5.41) is 47.0. The van der Waals surface area contributed by atoms with Crippen LogP contribution in [0.3, 0.4) is 0 Å². The van der Waals surface area contributed by atoms with Crippen LogP contribution in [0.25, 0.3) is 6.08 Å². The normalized spacial score (nSPS) is 29.6. The summed E-state index contributed by atoms with van der Waals surface area (Å²) in [5.41, 5.74) is 1.20.